The third kappa shape index (κ3) is 3.54. The van der Waals surface area contributed by atoms with Gasteiger partial charge in [0.15, 0.2) is 0 Å². The van der Waals surface area contributed by atoms with E-state index in [1.54, 1.807) is 0 Å². The van der Waals surface area contributed by atoms with Crippen LogP contribution in [0.15, 0.2) is 23.1 Å². The lowest BCUT2D eigenvalue weighted by molar-refractivity contribution is -0.143. The quantitative estimate of drug-likeness (QED) is 0.832. The van der Waals surface area contributed by atoms with Crippen LogP contribution in [0.1, 0.15) is 25.3 Å². The van der Waals surface area contributed by atoms with Gasteiger partial charge in [-0.25, -0.2) is 12.8 Å². The Hall–Kier alpha value is -1.68. The van der Waals surface area contributed by atoms with E-state index < -0.39 is 50.4 Å². The minimum atomic E-state index is -4.80. The molecule has 10 heteroatoms. The number of aliphatic carboxylic acids is 1. The standard InChI is InChI=1S/C14H15F4NO4S/c1-8-2-3-9(13(20)21)7-19(8)24(22,23)12-5-4-10(6-11(12)15)14(16,17)18/h4-6,8-9H,2-3,7H2,1H3,(H,20,21). The second-order valence-electron chi connectivity index (χ2n) is 5.68. The van der Waals surface area contributed by atoms with Crippen LogP contribution in [0.4, 0.5) is 17.6 Å². The minimum absolute atomic E-state index is 0.121. The van der Waals surface area contributed by atoms with Crippen molar-refractivity contribution in [3.8, 4) is 0 Å². The number of carboxylic acids is 1. The van der Waals surface area contributed by atoms with Gasteiger partial charge in [0.05, 0.1) is 11.5 Å². The molecule has 1 aromatic carbocycles. The highest BCUT2D eigenvalue weighted by atomic mass is 32.2. The molecule has 1 heterocycles. The SMILES string of the molecule is CC1CCC(C(=O)O)CN1S(=O)(=O)c1ccc(C(F)(F)F)cc1F. The normalized spacial score (nSPS) is 23.2. The summed E-state index contributed by atoms with van der Waals surface area (Å²) in [6.07, 6.45) is -4.26. The van der Waals surface area contributed by atoms with Gasteiger partial charge in [0.25, 0.3) is 0 Å². The lowest BCUT2D eigenvalue weighted by Crippen LogP contribution is -2.47. The van der Waals surface area contributed by atoms with Gasteiger partial charge in [-0.1, -0.05) is 0 Å². The van der Waals surface area contributed by atoms with Gasteiger partial charge in [-0.3, -0.25) is 4.79 Å². The molecule has 2 rings (SSSR count). The molecule has 0 aliphatic carbocycles. The maximum atomic E-state index is 14.0. The predicted molar refractivity (Wildman–Crippen MR) is 75.1 cm³/mol. The Morgan fingerprint density at radius 3 is 2.42 bits per heavy atom. The summed E-state index contributed by atoms with van der Waals surface area (Å²) in [6, 6.07) is 0.590. The molecule has 0 spiro atoms. The number of piperidine rings is 1. The lowest BCUT2D eigenvalue weighted by atomic mass is 9.96. The number of halogens is 4. The average Bonchev–Trinajstić information content (AvgIpc) is 2.45. The number of carboxylic acid groups (broad SMARTS) is 1. The average molecular weight is 369 g/mol. The molecule has 0 bridgehead atoms. The van der Waals surface area contributed by atoms with Crippen LogP contribution in [0.2, 0.25) is 0 Å². The summed E-state index contributed by atoms with van der Waals surface area (Å²) in [5.41, 5.74) is -1.30. The lowest BCUT2D eigenvalue weighted by Gasteiger charge is -2.35. The highest BCUT2D eigenvalue weighted by molar-refractivity contribution is 7.89. The molecule has 0 aromatic heterocycles. The monoisotopic (exact) mass is 369 g/mol. The van der Waals surface area contributed by atoms with Gasteiger partial charge in [0.1, 0.15) is 10.7 Å². The number of nitrogens with zero attached hydrogens (tertiary/aromatic N) is 1. The van der Waals surface area contributed by atoms with E-state index in [1.165, 1.54) is 6.92 Å². The molecule has 5 nitrogen and oxygen atoms in total. The number of hydrogen-bond acceptors (Lipinski definition) is 3. The molecular weight excluding hydrogens is 354 g/mol. The summed E-state index contributed by atoms with van der Waals surface area (Å²) in [5.74, 6) is -3.63. The van der Waals surface area contributed by atoms with Gasteiger partial charge >= 0.3 is 12.1 Å². The highest BCUT2D eigenvalue weighted by Crippen LogP contribution is 2.33. The van der Waals surface area contributed by atoms with Crippen molar-refractivity contribution in [2.24, 2.45) is 5.92 Å². The third-order valence-corrected chi connectivity index (χ3v) is 6.03. The Balaban J connectivity index is 2.41. The summed E-state index contributed by atoms with van der Waals surface area (Å²) in [5, 5.41) is 9.04. The fourth-order valence-electron chi connectivity index (χ4n) is 2.62. The number of sulfonamides is 1. The first-order chi connectivity index (χ1) is 10.9. The molecule has 0 saturated carbocycles. The van der Waals surface area contributed by atoms with Crippen molar-refractivity contribution < 1.29 is 35.9 Å². The van der Waals surface area contributed by atoms with Crippen molar-refractivity contribution in [2.75, 3.05) is 6.54 Å². The van der Waals surface area contributed by atoms with Gasteiger partial charge in [-0.15, -0.1) is 0 Å². The van der Waals surface area contributed by atoms with E-state index in [9.17, 15) is 30.8 Å². The zero-order valence-corrected chi connectivity index (χ0v) is 13.4. The van der Waals surface area contributed by atoms with Crippen LogP contribution < -0.4 is 0 Å². The zero-order chi connectivity index (χ0) is 18.3. The van der Waals surface area contributed by atoms with E-state index >= 15 is 0 Å². The van der Waals surface area contributed by atoms with Crippen LogP contribution in [0, 0.1) is 11.7 Å². The first kappa shape index (κ1) is 18.7. The molecule has 0 radical (unpaired) electrons. The second kappa shape index (κ2) is 6.32. The second-order valence-corrected chi connectivity index (χ2v) is 7.54. The number of rotatable bonds is 3. The Kier molecular flexibility index (Phi) is 4.91. The van der Waals surface area contributed by atoms with Crippen molar-refractivity contribution >= 4 is 16.0 Å². The number of hydrogen-bond donors (Lipinski definition) is 1. The highest BCUT2D eigenvalue weighted by Gasteiger charge is 2.39. The van der Waals surface area contributed by atoms with Crippen molar-refractivity contribution in [1.29, 1.82) is 0 Å². The van der Waals surface area contributed by atoms with Crippen LogP contribution >= 0.6 is 0 Å². The Labute approximate surface area is 135 Å². The molecule has 134 valence electrons. The maximum absolute atomic E-state index is 14.0. The fourth-order valence-corrected chi connectivity index (χ4v) is 4.38. The van der Waals surface area contributed by atoms with Gasteiger partial charge < -0.3 is 5.11 Å². The molecule has 0 amide bonds. The van der Waals surface area contributed by atoms with Gasteiger partial charge in [0.2, 0.25) is 10.0 Å². The van der Waals surface area contributed by atoms with E-state index in [0.29, 0.717) is 12.1 Å². The maximum Gasteiger partial charge on any atom is 0.416 e. The molecule has 2 unspecified atom stereocenters. The molecule has 1 saturated heterocycles. The first-order valence-electron chi connectivity index (χ1n) is 7.06. The summed E-state index contributed by atoms with van der Waals surface area (Å²) in [7, 11) is -4.44. The zero-order valence-electron chi connectivity index (χ0n) is 12.5. The van der Waals surface area contributed by atoms with Crippen molar-refractivity contribution in [2.45, 2.75) is 36.9 Å². The summed E-state index contributed by atoms with van der Waals surface area (Å²) < 4.78 is 77.6. The van der Waals surface area contributed by atoms with Crippen molar-refractivity contribution in [1.82, 2.24) is 4.31 Å². The van der Waals surface area contributed by atoms with Gasteiger partial charge in [0, 0.05) is 12.6 Å². The molecule has 1 aliphatic rings. The van der Waals surface area contributed by atoms with E-state index in [2.05, 4.69) is 0 Å². The molecular formula is C14H15F4NO4S. The predicted octanol–water partition coefficient (Wildman–Crippen LogP) is 2.72. The number of carbonyl (C=O) groups is 1. The fraction of sp³-hybridized carbons (Fsp3) is 0.500. The number of alkyl halides is 3. The van der Waals surface area contributed by atoms with E-state index in [0.717, 1.165) is 4.31 Å². The molecule has 24 heavy (non-hydrogen) atoms. The summed E-state index contributed by atoms with van der Waals surface area (Å²) in [6.45, 7) is 1.19. The Bertz CT molecular complexity index is 748. The van der Waals surface area contributed by atoms with Gasteiger partial charge in [-0.2, -0.15) is 17.5 Å². The Morgan fingerprint density at radius 1 is 1.29 bits per heavy atom. The topological polar surface area (TPSA) is 74.7 Å². The van der Waals surface area contributed by atoms with Crippen LogP contribution in [-0.2, 0) is 21.0 Å². The van der Waals surface area contributed by atoms with Crippen molar-refractivity contribution in [3.63, 3.8) is 0 Å². The molecule has 1 N–H and O–H groups in total. The van der Waals surface area contributed by atoms with Gasteiger partial charge in [-0.05, 0) is 38.0 Å². The first-order valence-corrected chi connectivity index (χ1v) is 8.50. The molecule has 1 fully saturated rings. The third-order valence-electron chi connectivity index (χ3n) is 4.02. The largest absolute Gasteiger partial charge is 0.481 e. The van der Waals surface area contributed by atoms with Crippen molar-refractivity contribution in [3.05, 3.63) is 29.6 Å². The van der Waals surface area contributed by atoms with E-state index in [4.69, 9.17) is 5.11 Å². The van der Waals surface area contributed by atoms with Crippen LogP contribution in [0.25, 0.3) is 0 Å². The molecule has 1 aliphatic heterocycles. The van der Waals surface area contributed by atoms with E-state index in [1.807, 2.05) is 0 Å². The molecule has 1 aromatic rings. The van der Waals surface area contributed by atoms with Crippen LogP contribution in [-0.4, -0.2) is 36.4 Å². The van der Waals surface area contributed by atoms with Crippen LogP contribution in [0.3, 0.4) is 0 Å². The summed E-state index contributed by atoms with van der Waals surface area (Å²) in [4.78, 5) is 10.2. The number of benzene rings is 1. The smallest absolute Gasteiger partial charge is 0.416 e. The summed E-state index contributed by atoms with van der Waals surface area (Å²) >= 11 is 0. The molecule has 2 atom stereocenters. The minimum Gasteiger partial charge on any atom is -0.481 e. The van der Waals surface area contributed by atoms with E-state index in [-0.39, 0.29) is 25.5 Å². The Morgan fingerprint density at radius 2 is 1.92 bits per heavy atom. The van der Waals surface area contributed by atoms with Crippen LogP contribution in [0.5, 0.6) is 0 Å².